The van der Waals surface area contributed by atoms with Crippen molar-refractivity contribution in [2.24, 2.45) is 18.9 Å². The van der Waals surface area contributed by atoms with Crippen LogP contribution >= 0.6 is 20.8 Å². The van der Waals surface area contributed by atoms with Crippen LogP contribution in [0.2, 0.25) is 0 Å². The third-order valence-electron chi connectivity index (χ3n) is 1.84. The van der Waals surface area contributed by atoms with Gasteiger partial charge in [0.1, 0.15) is 0 Å². The third kappa shape index (κ3) is 9.46. The molecule has 0 amide bonds. The quantitative estimate of drug-likeness (QED) is 0.0680. The van der Waals surface area contributed by atoms with E-state index >= 15 is 0 Å². The number of quaternary nitrogens is 1. The Morgan fingerprint density at radius 3 is 2.52 bits per heavy atom. The van der Waals surface area contributed by atoms with Gasteiger partial charge in [0.05, 0.1) is 0 Å². The summed E-state index contributed by atoms with van der Waals surface area (Å²) in [6, 6.07) is 0.109. The van der Waals surface area contributed by atoms with E-state index in [2.05, 4.69) is 20.3 Å². The van der Waals surface area contributed by atoms with E-state index in [0.29, 0.717) is 0 Å². The van der Waals surface area contributed by atoms with E-state index in [1.807, 2.05) is 27.7 Å². The Balaban J connectivity index is 4.68. The number of hydrogen-bond donors (Lipinski definition) is 4. The van der Waals surface area contributed by atoms with E-state index in [1.54, 1.807) is 0 Å². The Kier molecular flexibility index (Phi) is 11.7. The van der Waals surface area contributed by atoms with Gasteiger partial charge in [-0.2, -0.15) is 0 Å². The van der Waals surface area contributed by atoms with Crippen LogP contribution in [0.25, 0.3) is 0 Å². The van der Waals surface area contributed by atoms with Gasteiger partial charge in [-0.15, -0.1) is 0 Å². The average Bonchev–Trinajstić information content (AvgIpc) is 2.42. The first-order chi connectivity index (χ1) is 9.77. The van der Waals surface area contributed by atoms with Crippen molar-refractivity contribution in [3.05, 3.63) is 0 Å². The maximum atomic E-state index is 5.98. The van der Waals surface area contributed by atoms with Crippen LogP contribution in [-0.2, 0) is 17.9 Å². The van der Waals surface area contributed by atoms with Gasteiger partial charge in [-0.3, -0.25) is 0 Å². The molecule has 0 aromatic heterocycles. The first-order valence-corrected chi connectivity index (χ1v) is 11.0. The molecule has 0 rings (SSSR count). The van der Waals surface area contributed by atoms with Crippen LogP contribution in [0.5, 0.6) is 0 Å². The molecule has 11 nitrogen and oxygen atoms in total. The molecule has 7 N–H and O–H groups in total. The van der Waals surface area contributed by atoms with E-state index < -0.39 is 45.7 Å². The van der Waals surface area contributed by atoms with Crippen molar-refractivity contribution in [1.82, 2.24) is 8.92 Å². The number of halogens is 2. The molecule has 0 spiro atoms. The molecule has 130 valence electrons. The molecule has 13 heteroatoms. The Morgan fingerprint density at radius 2 is 2.10 bits per heavy atom. The van der Waals surface area contributed by atoms with Gasteiger partial charge in [0.15, 0.2) is 0 Å². The molecule has 2 atom stereocenters. The monoisotopic (exact) mass is 537 g/mol. The molecule has 0 bridgehead atoms. The molecule has 0 fully saturated rings. The van der Waals surface area contributed by atoms with Crippen molar-refractivity contribution >= 4 is 27.5 Å². The van der Waals surface area contributed by atoms with Gasteiger partial charge in [-0.1, -0.05) is 0 Å². The van der Waals surface area contributed by atoms with Crippen LogP contribution in [0, 0.1) is 0 Å². The first-order valence-electron chi connectivity index (χ1n) is 6.00. The van der Waals surface area contributed by atoms with Crippen molar-refractivity contribution in [2.45, 2.75) is 46.3 Å². The Hall–Kier alpha value is 0.730. The van der Waals surface area contributed by atoms with Crippen LogP contribution in [0.3, 0.4) is 0 Å². The van der Waals surface area contributed by atoms with E-state index in [1.165, 1.54) is 0 Å². The van der Waals surface area contributed by atoms with Crippen molar-refractivity contribution in [1.29, 1.82) is 0 Å². The molecule has 0 aliphatic carbocycles. The average molecular weight is 537 g/mol. The summed E-state index contributed by atoms with van der Waals surface area (Å²) in [5, 5.41) is 0. The summed E-state index contributed by atoms with van der Waals surface area (Å²) in [6.45, 7) is 10.9. The second kappa shape index (κ2) is 11.3. The Morgan fingerprint density at radius 1 is 1.48 bits per heavy atom. The van der Waals surface area contributed by atoms with Gasteiger partial charge >= 0.3 is 144 Å². The zero-order valence-corrected chi connectivity index (χ0v) is 16.8. The van der Waals surface area contributed by atoms with Gasteiger partial charge < -0.3 is 0 Å². The fraction of sp³-hybridized carbons (Fsp3) is 0.875. The minimum absolute atomic E-state index is 0.109. The van der Waals surface area contributed by atoms with Crippen LogP contribution in [0.4, 0.5) is 0 Å². The summed E-state index contributed by atoms with van der Waals surface area (Å²) in [4.78, 5) is 15.3. The van der Waals surface area contributed by atoms with Crippen molar-refractivity contribution < 1.29 is 42.8 Å². The fourth-order valence-electron chi connectivity index (χ4n) is 0.717. The molecule has 0 heterocycles. The number of hydroxylamine groups is 1. The normalized spacial score (nSPS) is 17.1. The summed E-state index contributed by atoms with van der Waals surface area (Å²) >= 11 is -4.07. The summed E-state index contributed by atoms with van der Waals surface area (Å²) in [6.07, 6.45) is 0.700. The third-order valence-corrected chi connectivity index (χ3v) is 6.11. The summed E-state index contributed by atoms with van der Waals surface area (Å²) in [5.74, 6) is 10.8. The van der Waals surface area contributed by atoms with Crippen LogP contribution in [-0.4, -0.2) is 25.4 Å². The zero-order chi connectivity index (χ0) is 16.5. The molecule has 0 aliphatic heterocycles. The summed E-state index contributed by atoms with van der Waals surface area (Å²) < 4.78 is 15.3. The van der Waals surface area contributed by atoms with E-state index in [-0.39, 0.29) is 12.1 Å². The number of hydrogen-bond acceptors (Lipinski definition) is 10. The van der Waals surface area contributed by atoms with E-state index in [9.17, 15) is 0 Å². The Labute approximate surface area is 144 Å². The molecule has 0 aromatic rings. The number of nitrogens with one attached hydrogen (secondary N) is 1. The molecule has 2 unspecified atom stereocenters. The molecule has 0 saturated heterocycles. The van der Waals surface area contributed by atoms with Crippen LogP contribution < -0.4 is 42.9 Å². The Bertz CT molecular complexity index is 304. The first kappa shape index (κ1) is 21.7. The van der Waals surface area contributed by atoms with Gasteiger partial charge in [0, 0.05) is 0 Å². The minimum atomic E-state index is -2.90. The molecular weight excluding hydrogens is 512 g/mol. The summed E-state index contributed by atoms with van der Waals surface area (Å²) in [5.41, 5.74) is 2.79. The van der Waals surface area contributed by atoms with Crippen LogP contribution in [0.1, 0.15) is 34.1 Å². The molecule has 0 radical (unpaired) electrons. The predicted octanol–water partition coefficient (Wildman–Crippen LogP) is -2.88. The molecule has 21 heavy (non-hydrogen) atoms. The van der Waals surface area contributed by atoms with E-state index in [0.717, 1.165) is 9.86 Å². The van der Waals surface area contributed by atoms with Gasteiger partial charge in [-0.05, 0) is 0 Å². The number of nitrogens with zero attached hydrogens (tertiary/aromatic N) is 3. The van der Waals surface area contributed by atoms with Crippen molar-refractivity contribution in [3.63, 3.8) is 0 Å². The summed E-state index contributed by atoms with van der Waals surface area (Å²) in [7, 11) is 0. The second-order valence-electron chi connectivity index (χ2n) is 4.03. The fourth-order valence-corrected chi connectivity index (χ4v) is 4.55. The SMILES string of the molecule is C=N[I-][N+](N)(ON)OI(N)N(ONC(C)CC)OC(C)C. The molecule has 0 aliphatic rings. The van der Waals surface area contributed by atoms with Gasteiger partial charge in [0.25, 0.3) is 0 Å². The zero-order valence-electron chi connectivity index (χ0n) is 12.5. The van der Waals surface area contributed by atoms with Gasteiger partial charge in [-0.25, -0.2) is 0 Å². The second-order valence-corrected chi connectivity index (χ2v) is 9.13. The van der Waals surface area contributed by atoms with Gasteiger partial charge in [0.2, 0.25) is 0 Å². The van der Waals surface area contributed by atoms with Crippen LogP contribution in [0.15, 0.2) is 3.21 Å². The topological polar surface area (TPSA) is 143 Å². The van der Waals surface area contributed by atoms with Crippen molar-refractivity contribution in [2.75, 3.05) is 0 Å². The number of nitrogens with two attached hydrogens (primary N) is 3. The molecular formula is C8H25I2N7O4. The van der Waals surface area contributed by atoms with E-state index in [4.69, 9.17) is 28.6 Å². The number of rotatable bonds is 12. The van der Waals surface area contributed by atoms with Crippen molar-refractivity contribution in [3.8, 4) is 0 Å². The standard InChI is InChI=1S/C8H25I2N7O4/c1-6-8(4)15-21-16(18-7(2)3)10(11)19-17(12,20-13)9-14-5/h7-8,15H,5-6,11-13H2,1-4H3. The predicted molar refractivity (Wildman–Crippen MR) is 80.6 cm³/mol. The molecule has 0 aromatic carbocycles. The maximum absolute atomic E-state index is 5.98. The molecule has 0 saturated carbocycles.